The largest absolute Gasteiger partial charge is 0.416 e. The summed E-state index contributed by atoms with van der Waals surface area (Å²) < 4.78 is 37.9. The molecule has 0 amide bonds. The fourth-order valence-corrected chi connectivity index (χ4v) is 1.50. The molecule has 1 aromatic rings. The van der Waals surface area contributed by atoms with Crippen molar-refractivity contribution < 1.29 is 18.3 Å². The molecule has 3 N–H and O–H groups in total. The van der Waals surface area contributed by atoms with Crippen LogP contribution >= 0.6 is 0 Å². The van der Waals surface area contributed by atoms with Crippen molar-refractivity contribution in [1.29, 1.82) is 0 Å². The number of nitrogens with two attached hydrogens (primary N) is 1. The maximum atomic E-state index is 12.6. The summed E-state index contributed by atoms with van der Waals surface area (Å²) in [6.07, 6.45) is -3.04. The molecule has 0 unspecified atom stereocenters. The molecule has 5 heteroatoms. The predicted molar refractivity (Wildman–Crippen MR) is 55.9 cm³/mol. The van der Waals surface area contributed by atoms with Crippen molar-refractivity contribution in [2.45, 2.75) is 25.4 Å². The Morgan fingerprint density at radius 3 is 2.44 bits per heavy atom. The lowest BCUT2D eigenvalue weighted by atomic mass is 10.0. The molecule has 0 radical (unpaired) electrons. The molecule has 1 aromatic carbocycles. The highest BCUT2D eigenvalue weighted by Gasteiger charge is 2.33. The van der Waals surface area contributed by atoms with E-state index in [-0.39, 0.29) is 17.9 Å². The molecule has 0 aliphatic carbocycles. The van der Waals surface area contributed by atoms with Crippen molar-refractivity contribution in [3.05, 3.63) is 29.3 Å². The summed E-state index contributed by atoms with van der Waals surface area (Å²) in [7, 11) is 0. The van der Waals surface area contributed by atoms with Gasteiger partial charge in [0.15, 0.2) is 0 Å². The van der Waals surface area contributed by atoms with E-state index >= 15 is 0 Å². The highest BCUT2D eigenvalue weighted by atomic mass is 19.4. The molecule has 0 bridgehead atoms. The lowest BCUT2D eigenvalue weighted by Crippen LogP contribution is -2.10. The Kier molecular flexibility index (Phi) is 4.18. The van der Waals surface area contributed by atoms with Gasteiger partial charge in [0.25, 0.3) is 0 Å². The normalized spacial score (nSPS) is 11.8. The number of aryl methyl sites for hydroxylation is 1. The van der Waals surface area contributed by atoms with Gasteiger partial charge in [-0.15, -0.1) is 0 Å². The lowest BCUT2D eigenvalue weighted by Gasteiger charge is -2.13. The number of aliphatic hydroxyl groups excluding tert-OH is 1. The van der Waals surface area contributed by atoms with Crippen molar-refractivity contribution in [2.75, 3.05) is 12.3 Å². The second-order valence-electron chi connectivity index (χ2n) is 3.60. The Morgan fingerprint density at radius 1 is 1.19 bits per heavy atom. The molecule has 0 heterocycles. The second kappa shape index (κ2) is 5.21. The zero-order valence-corrected chi connectivity index (χ0v) is 8.72. The first-order valence-corrected chi connectivity index (χ1v) is 5.01. The number of nitrogen functional groups attached to an aromatic ring is 1. The van der Waals surface area contributed by atoms with Crippen LogP contribution in [0.15, 0.2) is 18.2 Å². The summed E-state index contributed by atoms with van der Waals surface area (Å²) in [6.45, 7) is -0.00365. The molecule has 0 aliphatic heterocycles. The van der Waals surface area contributed by atoms with Crippen LogP contribution in [0.2, 0.25) is 0 Å². The van der Waals surface area contributed by atoms with Crippen LogP contribution in [-0.4, -0.2) is 11.7 Å². The third-order valence-electron chi connectivity index (χ3n) is 2.29. The zero-order valence-electron chi connectivity index (χ0n) is 8.72. The van der Waals surface area contributed by atoms with E-state index in [2.05, 4.69) is 0 Å². The summed E-state index contributed by atoms with van der Waals surface area (Å²) in [5.41, 5.74) is 5.00. The minimum absolute atomic E-state index is 0.00365. The van der Waals surface area contributed by atoms with Crippen LogP contribution in [0.4, 0.5) is 18.9 Å². The highest BCUT2D eigenvalue weighted by Crippen LogP contribution is 2.33. The summed E-state index contributed by atoms with van der Waals surface area (Å²) in [5.74, 6) is 0. The number of alkyl halides is 3. The van der Waals surface area contributed by atoms with E-state index in [0.29, 0.717) is 19.3 Å². The van der Waals surface area contributed by atoms with Crippen molar-refractivity contribution >= 4 is 5.69 Å². The van der Waals surface area contributed by atoms with Crippen LogP contribution in [0.1, 0.15) is 24.0 Å². The van der Waals surface area contributed by atoms with Crippen LogP contribution in [-0.2, 0) is 12.6 Å². The number of aliphatic hydroxyl groups is 1. The van der Waals surface area contributed by atoms with Gasteiger partial charge in [-0.1, -0.05) is 6.07 Å². The Balaban J connectivity index is 2.90. The highest BCUT2D eigenvalue weighted by molar-refractivity contribution is 5.46. The molecular formula is C11H14F3NO. The smallest absolute Gasteiger partial charge is 0.399 e. The summed E-state index contributed by atoms with van der Waals surface area (Å²) in [5, 5.41) is 8.58. The number of halogens is 3. The molecule has 0 aromatic heterocycles. The van der Waals surface area contributed by atoms with Gasteiger partial charge in [0.1, 0.15) is 0 Å². The van der Waals surface area contributed by atoms with Crippen molar-refractivity contribution in [3.8, 4) is 0 Å². The molecule has 0 saturated carbocycles. The van der Waals surface area contributed by atoms with E-state index in [1.54, 1.807) is 0 Å². The summed E-state index contributed by atoms with van der Waals surface area (Å²) in [4.78, 5) is 0. The van der Waals surface area contributed by atoms with Crippen LogP contribution in [0, 0.1) is 0 Å². The minimum atomic E-state index is -4.37. The lowest BCUT2D eigenvalue weighted by molar-refractivity contribution is -0.138. The number of anilines is 1. The molecule has 0 spiro atoms. The van der Waals surface area contributed by atoms with E-state index in [4.69, 9.17) is 10.8 Å². The van der Waals surface area contributed by atoms with Gasteiger partial charge >= 0.3 is 6.18 Å². The first kappa shape index (κ1) is 12.8. The van der Waals surface area contributed by atoms with Crippen LogP contribution in [0.5, 0.6) is 0 Å². The van der Waals surface area contributed by atoms with Gasteiger partial charge in [0, 0.05) is 12.3 Å². The number of hydrogen-bond donors (Lipinski definition) is 2. The Bertz CT molecular complexity index is 350. The fraction of sp³-hybridized carbons (Fsp3) is 0.455. The zero-order chi connectivity index (χ0) is 12.2. The Labute approximate surface area is 91.9 Å². The van der Waals surface area contributed by atoms with E-state index in [0.717, 1.165) is 6.07 Å². The molecule has 2 nitrogen and oxygen atoms in total. The molecule has 0 saturated heterocycles. The van der Waals surface area contributed by atoms with E-state index in [1.807, 2.05) is 0 Å². The quantitative estimate of drug-likeness (QED) is 0.620. The van der Waals surface area contributed by atoms with E-state index in [1.165, 1.54) is 12.1 Å². The van der Waals surface area contributed by atoms with Crippen LogP contribution < -0.4 is 5.73 Å². The third kappa shape index (κ3) is 3.41. The van der Waals surface area contributed by atoms with Gasteiger partial charge in [-0.25, -0.2) is 0 Å². The maximum absolute atomic E-state index is 12.6. The van der Waals surface area contributed by atoms with Gasteiger partial charge in [-0.3, -0.25) is 0 Å². The third-order valence-corrected chi connectivity index (χ3v) is 2.29. The topological polar surface area (TPSA) is 46.2 Å². The molecular weight excluding hydrogens is 219 g/mol. The minimum Gasteiger partial charge on any atom is -0.399 e. The first-order valence-electron chi connectivity index (χ1n) is 5.01. The average Bonchev–Trinajstić information content (AvgIpc) is 2.19. The second-order valence-corrected chi connectivity index (χ2v) is 3.60. The number of hydrogen-bond acceptors (Lipinski definition) is 2. The van der Waals surface area contributed by atoms with Gasteiger partial charge in [-0.05, 0) is 37.0 Å². The van der Waals surface area contributed by atoms with Gasteiger partial charge in [0.05, 0.1) is 5.56 Å². The van der Waals surface area contributed by atoms with Crippen molar-refractivity contribution in [1.82, 2.24) is 0 Å². The van der Waals surface area contributed by atoms with E-state index < -0.39 is 11.7 Å². The van der Waals surface area contributed by atoms with Crippen molar-refractivity contribution in [3.63, 3.8) is 0 Å². The summed E-state index contributed by atoms with van der Waals surface area (Å²) >= 11 is 0. The standard InChI is InChI=1S/C11H14F3NO/c12-11(13,14)10-7-9(15)5-4-8(10)3-1-2-6-16/h4-5,7,16H,1-3,6,15H2. The molecule has 16 heavy (non-hydrogen) atoms. The van der Waals surface area contributed by atoms with Crippen LogP contribution in [0.3, 0.4) is 0 Å². The average molecular weight is 233 g/mol. The van der Waals surface area contributed by atoms with E-state index in [9.17, 15) is 13.2 Å². The van der Waals surface area contributed by atoms with Gasteiger partial charge < -0.3 is 10.8 Å². The molecule has 90 valence electrons. The monoisotopic (exact) mass is 233 g/mol. The first-order chi connectivity index (χ1) is 7.45. The predicted octanol–water partition coefficient (Wildman–Crippen LogP) is 2.60. The van der Waals surface area contributed by atoms with Crippen molar-refractivity contribution in [2.24, 2.45) is 0 Å². The molecule has 0 atom stereocenters. The molecule has 0 fully saturated rings. The molecule has 0 aliphatic rings. The van der Waals surface area contributed by atoms with Crippen LogP contribution in [0.25, 0.3) is 0 Å². The Morgan fingerprint density at radius 2 is 1.88 bits per heavy atom. The summed E-state index contributed by atoms with van der Waals surface area (Å²) in [6, 6.07) is 3.81. The Hall–Kier alpha value is -1.23. The SMILES string of the molecule is Nc1ccc(CCCCO)c(C(F)(F)F)c1. The molecule has 1 rings (SSSR count). The van der Waals surface area contributed by atoms with Gasteiger partial charge in [-0.2, -0.15) is 13.2 Å². The number of rotatable bonds is 4. The maximum Gasteiger partial charge on any atom is 0.416 e. The number of benzene rings is 1. The van der Waals surface area contributed by atoms with Gasteiger partial charge in [0.2, 0.25) is 0 Å². The fourth-order valence-electron chi connectivity index (χ4n) is 1.50. The number of unbranched alkanes of at least 4 members (excludes halogenated alkanes) is 1.